The first-order valence-electron chi connectivity index (χ1n) is 9.54. The highest BCUT2D eigenvalue weighted by atomic mass is 16.5. The van der Waals surface area contributed by atoms with Crippen molar-refractivity contribution in [2.75, 3.05) is 53.0 Å². The Labute approximate surface area is 141 Å². The molecule has 0 amide bonds. The molecule has 0 aromatic heterocycles. The van der Waals surface area contributed by atoms with Crippen LogP contribution in [-0.4, -0.2) is 74.8 Å². The van der Waals surface area contributed by atoms with Crippen LogP contribution in [0.3, 0.4) is 0 Å². The van der Waals surface area contributed by atoms with Crippen LogP contribution in [0.15, 0.2) is 4.99 Å². The molecular weight excluding hydrogens is 288 g/mol. The number of hydrogen-bond donors (Lipinski definition) is 1. The van der Waals surface area contributed by atoms with E-state index in [1.165, 1.54) is 38.5 Å². The first-order valence-corrected chi connectivity index (χ1v) is 9.54. The van der Waals surface area contributed by atoms with Crippen LogP contribution in [0, 0.1) is 5.41 Å². The maximum atomic E-state index is 5.48. The molecule has 0 spiro atoms. The summed E-state index contributed by atoms with van der Waals surface area (Å²) in [4.78, 5) is 9.62. The van der Waals surface area contributed by atoms with Gasteiger partial charge in [-0.1, -0.05) is 19.8 Å². The van der Waals surface area contributed by atoms with Gasteiger partial charge < -0.3 is 15.0 Å². The Balaban J connectivity index is 1.51. The van der Waals surface area contributed by atoms with E-state index in [2.05, 4.69) is 27.0 Å². The van der Waals surface area contributed by atoms with Gasteiger partial charge >= 0.3 is 0 Å². The van der Waals surface area contributed by atoms with Crippen molar-refractivity contribution in [3.63, 3.8) is 0 Å². The molecule has 0 bridgehead atoms. The average molecular weight is 322 g/mol. The van der Waals surface area contributed by atoms with E-state index in [0.717, 1.165) is 51.9 Å². The first kappa shape index (κ1) is 17.0. The number of nitrogens with one attached hydrogen (secondary N) is 1. The van der Waals surface area contributed by atoms with Gasteiger partial charge in [-0.05, 0) is 31.1 Å². The zero-order valence-corrected chi connectivity index (χ0v) is 15.0. The van der Waals surface area contributed by atoms with E-state index >= 15 is 0 Å². The first-order chi connectivity index (χ1) is 11.3. The summed E-state index contributed by atoms with van der Waals surface area (Å²) < 4.78 is 5.48. The van der Waals surface area contributed by atoms with Crippen LogP contribution in [0.1, 0.15) is 45.4 Å². The summed E-state index contributed by atoms with van der Waals surface area (Å²) in [5.74, 6) is 1.11. The van der Waals surface area contributed by atoms with Gasteiger partial charge in [-0.15, -0.1) is 0 Å². The summed E-state index contributed by atoms with van der Waals surface area (Å²) in [6, 6.07) is 0.670. The molecule has 0 aromatic carbocycles. The molecule has 3 aliphatic rings. The molecule has 1 saturated carbocycles. The zero-order chi connectivity index (χ0) is 16.1. The third-order valence-electron chi connectivity index (χ3n) is 6.27. The topological polar surface area (TPSA) is 40.1 Å². The standard InChI is InChI=1S/C18H34N4O/c1-3-18(7-4-5-8-18)15-20-17(19-2)22-9-6-16(14-22)21-10-12-23-13-11-21/h16H,3-15H2,1-2H3,(H,19,20). The second-order valence-corrected chi connectivity index (χ2v) is 7.50. The highest BCUT2D eigenvalue weighted by Gasteiger charge is 2.34. The third kappa shape index (κ3) is 4.00. The monoisotopic (exact) mass is 322 g/mol. The van der Waals surface area contributed by atoms with Gasteiger partial charge in [0.15, 0.2) is 5.96 Å². The molecule has 0 radical (unpaired) electrons. The van der Waals surface area contributed by atoms with E-state index in [9.17, 15) is 0 Å². The summed E-state index contributed by atoms with van der Waals surface area (Å²) in [5, 5.41) is 3.70. The fourth-order valence-electron chi connectivity index (χ4n) is 4.55. The van der Waals surface area contributed by atoms with Crippen molar-refractivity contribution in [3.05, 3.63) is 0 Å². The highest BCUT2D eigenvalue weighted by Crippen LogP contribution is 2.40. The molecule has 2 saturated heterocycles. The van der Waals surface area contributed by atoms with Crippen LogP contribution < -0.4 is 5.32 Å². The van der Waals surface area contributed by atoms with Crippen molar-refractivity contribution in [1.29, 1.82) is 0 Å². The quantitative estimate of drug-likeness (QED) is 0.634. The molecule has 2 heterocycles. The minimum Gasteiger partial charge on any atom is -0.379 e. The summed E-state index contributed by atoms with van der Waals surface area (Å²) in [6.45, 7) is 9.63. The largest absolute Gasteiger partial charge is 0.379 e. The molecular formula is C18H34N4O. The minimum absolute atomic E-state index is 0.513. The second kappa shape index (κ2) is 7.84. The van der Waals surface area contributed by atoms with Crippen LogP contribution in [0.2, 0.25) is 0 Å². The van der Waals surface area contributed by atoms with Gasteiger partial charge in [0.2, 0.25) is 0 Å². The van der Waals surface area contributed by atoms with Gasteiger partial charge in [-0.2, -0.15) is 0 Å². The second-order valence-electron chi connectivity index (χ2n) is 7.50. The number of guanidine groups is 1. The van der Waals surface area contributed by atoms with E-state index < -0.39 is 0 Å². The van der Waals surface area contributed by atoms with Crippen molar-refractivity contribution in [3.8, 4) is 0 Å². The Morgan fingerprint density at radius 1 is 1.22 bits per heavy atom. The van der Waals surface area contributed by atoms with Gasteiger partial charge in [0.1, 0.15) is 0 Å². The van der Waals surface area contributed by atoms with E-state index in [1.54, 1.807) is 0 Å². The lowest BCUT2D eigenvalue weighted by Gasteiger charge is -2.33. The zero-order valence-electron chi connectivity index (χ0n) is 15.0. The molecule has 1 aliphatic carbocycles. The SMILES string of the molecule is CCC1(CNC(=NC)N2CCC(N3CCOCC3)C2)CCCC1. The molecule has 23 heavy (non-hydrogen) atoms. The van der Waals surface area contributed by atoms with E-state index in [1.807, 2.05) is 7.05 Å². The van der Waals surface area contributed by atoms with Crippen molar-refractivity contribution < 1.29 is 4.74 Å². The molecule has 3 rings (SSSR count). The third-order valence-corrected chi connectivity index (χ3v) is 6.27. The fraction of sp³-hybridized carbons (Fsp3) is 0.944. The highest BCUT2D eigenvalue weighted by molar-refractivity contribution is 5.80. The van der Waals surface area contributed by atoms with Crippen molar-refractivity contribution in [1.82, 2.24) is 15.1 Å². The Morgan fingerprint density at radius 2 is 1.96 bits per heavy atom. The van der Waals surface area contributed by atoms with Crippen molar-refractivity contribution >= 4 is 5.96 Å². The number of aliphatic imine (C=N–C) groups is 1. The van der Waals surface area contributed by atoms with Gasteiger partial charge in [0, 0.05) is 45.8 Å². The maximum Gasteiger partial charge on any atom is 0.193 e. The number of ether oxygens (including phenoxy) is 1. The van der Waals surface area contributed by atoms with Gasteiger partial charge in [-0.3, -0.25) is 9.89 Å². The normalized spacial score (nSPS) is 29.2. The molecule has 5 nitrogen and oxygen atoms in total. The Hall–Kier alpha value is -0.810. The lowest BCUT2D eigenvalue weighted by molar-refractivity contribution is 0.0194. The molecule has 1 N–H and O–H groups in total. The van der Waals surface area contributed by atoms with E-state index in [0.29, 0.717) is 11.5 Å². The van der Waals surface area contributed by atoms with Crippen molar-refractivity contribution in [2.45, 2.75) is 51.5 Å². The van der Waals surface area contributed by atoms with Crippen LogP contribution in [-0.2, 0) is 4.74 Å². The Morgan fingerprint density at radius 3 is 2.61 bits per heavy atom. The minimum atomic E-state index is 0.513. The number of likely N-dealkylation sites (tertiary alicyclic amines) is 1. The van der Waals surface area contributed by atoms with Crippen LogP contribution in [0.5, 0.6) is 0 Å². The molecule has 2 aliphatic heterocycles. The Kier molecular flexibility index (Phi) is 5.81. The summed E-state index contributed by atoms with van der Waals surface area (Å²) >= 11 is 0. The van der Waals surface area contributed by atoms with Gasteiger partial charge in [0.05, 0.1) is 13.2 Å². The number of nitrogens with zero attached hydrogens (tertiary/aromatic N) is 3. The average Bonchev–Trinajstić information content (AvgIpc) is 3.27. The van der Waals surface area contributed by atoms with Gasteiger partial charge in [0.25, 0.3) is 0 Å². The smallest absolute Gasteiger partial charge is 0.193 e. The Bertz CT molecular complexity index is 400. The molecule has 1 unspecified atom stereocenters. The molecule has 3 fully saturated rings. The number of rotatable bonds is 4. The molecule has 0 aromatic rings. The summed E-state index contributed by atoms with van der Waals surface area (Å²) in [6.07, 6.45) is 8.09. The molecule has 1 atom stereocenters. The summed E-state index contributed by atoms with van der Waals surface area (Å²) in [7, 11) is 1.93. The predicted molar refractivity (Wildman–Crippen MR) is 94.9 cm³/mol. The van der Waals surface area contributed by atoms with Crippen LogP contribution >= 0.6 is 0 Å². The van der Waals surface area contributed by atoms with Gasteiger partial charge in [-0.25, -0.2) is 0 Å². The number of morpholine rings is 1. The van der Waals surface area contributed by atoms with E-state index in [-0.39, 0.29) is 0 Å². The van der Waals surface area contributed by atoms with Crippen LogP contribution in [0.4, 0.5) is 0 Å². The molecule has 132 valence electrons. The summed E-state index contributed by atoms with van der Waals surface area (Å²) in [5.41, 5.74) is 0.513. The van der Waals surface area contributed by atoms with E-state index in [4.69, 9.17) is 4.74 Å². The van der Waals surface area contributed by atoms with Crippen molar-refractivity contribution in [2.24, 2.45) is 10.4 Å². The molecule has 5 heteroatoms. The number of hydrogen-bond acceptors (Lipinski definition) is 3. The van der Waals surface area contributed by atoms with Crippen LogP contribution in [0.25, 0.3) is 0 Å². The lowest BCUT2D eigenvalue weighted by Crippen LogP contribution is -2.48. The maximum absolute atomic E-state index is 5.48. The fourth-order valence-corrected chi connectivity index (χ4v) is 4.55. The lowest BCUT2D eigenvalue weighted by atomic mass is 9.83. The predicted octanol–water partition coefficient (Wildman–Crippen LogP) is 1.94.